The van der Waals surface area contributed by atoms with Gasteiger partial charge >= 0.3 is 0 Å². The maximum absolute atomic E-state index is 12.3. The molecular weight excluding hydrogens is 374 g/mol. The first-order valence-electron chi connectivity index (χ1n) is 8.63. The number of anilines is 1. The monoisotopic (exact) mass is 391 g/mol. The lowest BCUT2D eigenvalue weighted by Crippen LogP contribution is -2.15. The van der Waals surface area contributed by atoms with E-state index in [0.717, 1.165) is 16.8 Å². The third-order valence-electron chi connectivity index (χ3n) is 4.02. The highest BCUT2D eigenvalue weighted by Gasteiger charge is 2.13. The fourth-order valence-electron chi connectivity index (χ4n) is 2.66. The maximum Gasteiger partial charge on any atom is 0.266 e. The minimum atomic E-state index is -0.273. The molecule has 4 rings (SSSR count). The molecule has 0 bridgehead atoms. The minimum absolute atomic E-state index is 0.147. The lowest BCUT2D eigenvalue weighted by Gasteiger charge is -2.08. The van der Waals surface area contributed by atoms with Gasteiger partial charge in [0.25, 0.3) is 5.56 Å². The Morgan fingerprint density at radius 2 is 1.86 bits per heavy atom. The predicted octanol–water partition coefficient (Wildman–Crippen LogP) is 3.12. The van der Waals surface area contributed by atoms with Gasteiger partial charge in [0.1, 0.15) is 0 Å². The number of fused-ring (bicyclic) bond motifs is 1. The molecule has 140 valence electrons. The Morgan fingerprint density at radius 3 is 2.61 bits per heavy atom. The van der Waals surface area contributed by atoms with Crippen LogP contribution in [0.1, 0.15) is 5.56 Å². The number of rotatable bonds is 5. The van der Waals surface area contributed by atoms with Gasteiger partial charge in [0.15, 0.2) is 16.6 Å². The Morgan fingerprint density at radius 1 is 1.11 bits per heavy atom. The number of aromatic nitrogens is 4. The number of nitrogens with zero attached hydrogens (tertiary/aromatic N) is 3. The van der Waals surface area contributed by atoms with E-state index >= 15 is 0 Å². The van der Waals surface area contributed by atoms with Crippen LogP contribution in [-0.4, -0.2) is 31.2 Å². The first-order chi connectivity index (χ1) is 13.6. The van der Waals surface area contributed by atoms with E-state index in [9.17, 15) is 9.59 Å². The van der Waals surface area contributed by atoms with Gasteiger partial charge in [-0.2, -0.15) is 0 Å². The number of carbonyl (C=O) groups is 1. The molecule has 0 aliphatic rings. The maximum atomic E-state index is 12.3. The number of aryl methyl sites for hydroxylation is 1. The highest BCUT2D eigenvalue weighted by Crippen LogP contribution is 2.21. The molecule has 2 heterocycles. The van der Waals surface area contributed by atoms with Gasteiger partial charge in [-0.25, -0.2) is 14.5 Å². The van der Waals surface area contributed by atoms with Crippen molar-refractivity contribution in [3.63, 3.8) is 0 Å². The number of amides is 1. The molecule has 2 aromatic carbocycles. The molecule has 0 saturated heterocycles. The Bertz CT molecular complexity index is 1180. The van der Waals surface area contributed by atoms with Gasteiger partial charge in [-0.15, -0.1) is 0 Å². The fraction of sp³-hybridized carbons (Fsp3) is 0.100. The second-order valence-corrected chi connectivity index (χ2v) is 7.16. The first kappa shape index (κ1) is 18.0. The van der Waals surface area contributed by atoms with Crippen molar-refractivity contribution in [2.24, 2.45) is 0 Å². The summed E-state index contributed by atoms with van der Waals surface area (Å²) in [7, 11) is 0. The lowest BCUT2D eigenvalue weighted by molar-refractivity contribution is -0.113. The number of hydrogen-bond donors (Lipinski definition) is 2. The number of benzene rings is 2. The molecule has 0 fully saturated rings. The molecule has 0 atom stereocenters. The smallest absolute Gasteiger partial charge is 0.266 e. The summed E-state index contributed by atoms with van der Waals surface area (Å²) in [4.78, 5) is 33.0. The Labute approximate surface area is 164 Å². The molecule has 28 heavy (non-hydrogen) atoms. The normalized spacial score (nSPS) is 10.9. The van der Waals surface area contributed by atoms with Crippen molar-refractivity contribution in [2.75, 3.05) is 11.1 Å². The van der Waals surface area contributed by atoms with Crippen molar-refractivity contribution in [3.8, 4) is 11.4 Å². The van der Waals surface area contributed by atoms with Crippen LogP contribution in [0.5, 0.6) is 0 Å². The topological polar surface area (TPSA) is 92.2 Å². The summed E-state index contributed by atoms with van der Waals surface area (Å²) >= 11 is 1.23. The molecule has 0 aliphatic heterocycles. The summed E-state index contributed by atoms with van der Waals surface area (Å²) < 4.78 is 1.50. The molecule has 0 spiro atoms. The van der Waals surface area contributed by atoms with Crippen LogP contribution in [0.2, 0.25) is 0 Å². The van der Waals surface area contributed by atoms with Crippen molar-refractivity contribution >= 4 is 29.0 Å². The van der Waals surface area contributed by atoms with E-state index in [1.807, 2.05) is 61.5 Å². The fourth-order valence-corrected chi connectivity index (χ4v) is 3.41. The summed E-state index contributed by atoms with van der Waals surface area (Å²) in [6.45, 7) is 1.99. The summed E-state index contributed by atoms with van der Waals surface area (Å²) in [5.41, 5.74) is 2.89. The third-order valence-corrected chi connectivity index (χ3v) is 4.96. The Kier molecular flexibility index (Phi) is 4.94. The van der Waals surface area contributed by atoms with Crippen LogP contribution in [0.15, 0.2) is 70.6 Å². The zero-order valence-electron chi connectivity index (χ0n) is 15.0. The number of H-pyrrole nitrogens is 1. The average Bonchev–Trinajstić information content (AvgIpc) is 3.09. The van der Waals surface area contributed by atoms with Gasteiger partial charge in [0.05, 0.1) is 5.75 Å². The van der Waals surface area contributed by atoms with Gasteiger partial charge < -0.3 is 5.32 Å². The van der Waals surface area contributed by atoms with Crippen LogP contribution in [0, 0.1) is 6.92 Å². The number of hydrogen-bond acceptors (Lipinski definition) is 5. The molecule has 1 amide bonds. The van der Waals surface area contributed by atoms with Gasteiger partial charge in [-0.1, -0.05) is 59.8 Å². The van der Waals surface area contributed by atoms with E-state index in [0.29, 0.717) is 16.6 Å². The van der Waals surface area contributed by atoms with Gasteiger partial charge in [0.2, 0.25) is 5.91 Å². The van der Waals surface area contributed by atoms with E-state index in [4.69, 9.17) is 0 Å². The second-order valence-electron chi connectivity index (χ2n) is 6.21. The van der Waals surface area contributed by atoms with Crippen molar-refractivity contribution in [1.82, 2.24) is 19.6 Å². The van der Waals surface area contributed by atoms with Crippen LogP contribution in [0.4, 0.5) is 5.69 Å². The van der Waals surface area contributed by atoms with Gasteiger partial charge in [-0.05, 0) is 19.1 Å². The molecular formula is C20H17N5O2S. The summed E-state index contributed by atoms with van der Waals surface area (Å²) in [5.74, 6) is 0.492. The highest BCUT2D eigenvalue weighted by atomic mass is 32.2. The molecule has 0 unspecified atom stereocenters. The van der Waals surface area contributed by atoms with Crippen molar-refractivity contribution in [2.45, 2.75) is 12.1 Å². The van der Waals surface area contributed by atoms with E-state index in [1.165, 1.54) is 22.3 Å². The molecule has 2 N–H and O–H groups in total. The quantitative estimate of drug-likeness (QED) is 0.510. The second kappa shape index (κ2) is 7.69. The number of thioether (sulfide) groups is 1. The largest absolute Gasteiger partial charge is 0.325 e. The SMILES string of the molecule is Cc1ccc(NC(=O)CSc2nc(-c3ccccc3)nc3cc(=O)[nH]n23)cc1. The van der Waals surface area contributed by atoms with Gasteiger partial charge in [0, 0.05) is 17.3 Å². The molecule has 8 heteroatoms. The molecule has 0 aliphatic carbocycles. The Balaban J connectivity index is 1.58. The van der Waals surface area contributed by atoms with Crippen molar-refractivity contribution < 1.29 is 4.79 Å². The Hall–Kier alpha value is -3.39. The van der Waals surface area contributed by atoms with Crippen LogP contribution >= 0.6 is 11.8 Å². The zero-order chi connectivity index (χ0) is 19.5. The summed E-state index contributed by atoms with van der Waals surface area (Å²) in [5, 5.41) is 6.01. The van der Waals surface area contributed by atoms with E-state index in [-0.39, 0.29) is 17.2 Å². The number of nitrogens with one attached hydrogen (secondary N) is 2. The average molecular weight is 391 g/mol. The van der Waals surface area contributed by atoms with Crippen molar-refractivity contribution in [3.05, 3.63) is 76.6 Å². The summed E-state index contributed by atoms with van der Waals surface area (Å²) in [6.07, 6.45) is 0. The molecule has 2 aromatic heterocycles. The van der Waals surface area contributed by atoms with Gasteiger partial charge in [-0.3, -0.25) is 14.7 Å². The van der Waals surface area contributed by atoms with Crippen LogP contribution < -0.4 is 10.9 Å². The highest BCUT2D eigenvalue weighted by molar-refractivity contribution is 7.99. The van der Waals surface area contributed by atoms with Crippen LogP contribution in [0.3, 0.4) is 0 Å². The lowest BCUT2D eigenvalue weighted by atomic mass is 10.2. The van der Waals surface area contributed by atoms with E-state index in [2.05, 4.69) is 20.4 Å². The zero-order valence-corrected chi connectivity index (χ0v) is 15.9. The summed E-state index contributed by atoms with van der Waals surface area (Å²) in [6, 6.07) is 18.5. The van der Waals surface area contributed by atoms with Crippen LogP contribution in [0.25, 0.3) is 17.0 Å². The first-order valence-corrected chi connectivity index (χ1v) is 9.61. The van der Waals surface area contributed by atoms with Crippen LogP contribution in [-0.2, 0) is 4.79 Å². The standard InChI is InChI=1S/C20H17N5O2S/c1-13-7-9-15(10-8-13)21-18(27)12-28-20-23-19(14-5-3-2-4-6-14)22-16-11-17(26)24-25(16)20/h2-11H,12H2,1H3,(H,21,27)(H,24,26). The molecule has 7 nitrogen and oxygen atoms in total. The third kappa shape index (κ3) is 3.96. The predicted molar refractivity (Wildman–Crippen MR) is 110 cm³/mol. The van der Waals surface area contributed by atoms with Crippen molar-refractivity contribution in [1.29, 1.82) is 0 Å². The molecule has 0 radical (unpaired) electrons. The number of carbonyl (C=O) groups excluding carboxylic acids is 1. The van der Waals surface area contributed by atoms with E-state index < -0.39 is 0 Å². The van der Waals surface area contributed by atoms with E-state index in [1.54, 1.807) is 0 Å². The molecule has 0 saturated carbocycles. The minimum Gasteiger partial charge on any atom is -0.325 e. The molecule has 4 aromatic rings. The number of aromatic amines is 1.